The molecule has 33 heavy (non-hydrogen) atoms. The summed E-state index contributed by atoms with van der Waals surface area (Å²) in [6.45, 7) is 1.97. The standard InChI is InChI=1S/C23H27N5O5/c1-27(2)20-19(21(29)22(20)30)24-8-3-11-33-15-4-5-16-17(12-15)25-13-26-18(16)14-6-9-28(10-7-14)23(31)32/h4-5,12-14,24H,3,6-11H2,1-2H3,(H,31,32). The molecule has 1 aromatic heterocycles. The number of likely N-dealkylation sites (tertiary alicyclic amines) is 1. The Hall–Kier alpha value is -3.69. The van der Waals surface area contributed by atoms with Gasteiger partial charge in [-0.3, -0.25) is 9.59 Å². The number of hydrogen-bond acceptors (Lipinski definition) is 8. The van der Waals surface area contributed by atoms with E-state index >= 15 is 0 Å². The van der Waals surface area contributed by atoms with Crippen LogP contribution >= 0.6 is 0 Å². The van der Waals surface area contributed by atoms with Crippen molar-refractivity contribution >= 4 is 28.4 Å². The van der Waals surface area contributed by atoms with Gasteiger partial charge in [-0.2, -0.15) is 0 Å². The van der Waals surface area contributed by atoms with E-state index in [0.717, 1.165) is 29.4 Å². The topological polar surface area (TPSA) is 125 Å². The second-order valence-corrected chi connectivity index (χ2v) is 8.39. The van der Waals surface area contributed by atoms with Crippen LogP contribution < -0.4 is 25.8 Å². The third-order valence-electron chi connectivity index (χ3n) is 6.01. The summed E-state index contributed by atoms with van der Waals surface area (Å²) >= 11 is 0. The zero-order valence-electron chi connectivity index (χ0n) is 18.7. The SMILES string of the molecule is CN(C)c1c(NCCCOc2ccc3c(C4CCN(C(=O)O)CC4)ncnc3c2)c(=O)c1=O. The molecule has 3 aromatic rings. The molecule has 2 N–H and O–H groups in total. The second kappa shape index (κ2) is 9.43. The van der Waals surface area contributed by atoms with E-state index in [1.807, 2.05) is 18.2 Å². The molecular weight excluding hydrogens is 426 g/mol. The maximum absolute atomic E-state index is 11.7. The number of rotatable bonds is 8. The van der Waals surface area contributed by atoms with Gasteiger partial charge in [-0.15, -0.1) is 0 Å². The summed E-state index contributed by atoms with van der Waals surface area (Å²) in [4.78, 5) is 46.4. The average Bonchev–Trinajstić information content (AvgIpc) is 2.81. The van der Waals surface area contributed by atoms with Crippen LogP contribution in [-0.4, -0.2) is 66.4 Å². The summed E-state index contributed by atoms with van der Waals surface area (Å²) in [6.07, 6.45) is 2.80. The fraction of sp³-hybridized carbons (Fsp3) is 0.435. The normalized spacial score (nSPS) is 14.5. The van der Waals surface area contributed by atoms with Gasteiger partial charge in [0.15, 0.2) is 0 Å². The average molecular weight is 453 g/mol. The van der Waals surface area contributed by atoms with Gasteiger partial charge in [0.1, 0.15) is 23.5 Å². The molecule has 0 bridgehead atoms. The van der Waals surface area contributed by atoms with E-state index in [4.69, 9.17) is 9.84 Å². The van der Waals surface area contributed by atoms with E-state index in [1.165, 1.54) is 4.90 Å². The summed E-state index contributed by atoms with van der Waals surface area (Å²) in [5, 5.41) is 13.1. The van der Waals surface area contributed by atoms with Crippen LogP contribution in [0.15, 0.2) is 34.1 Å². The van der Waals surface area contributed by atoms with Crippen LogP contribution in [0.25, 0.3) is 10.9 Å². The van der Waals surface area contributed by atoms with Crippen LogP contribution in [0, 0.1) is 0 Å². The van der Waals surface area contributed by atoms with Crippen molar-refractivity contribution in [3.8, 4) is 5.75 Å². The van der Waals surface area contributed by atoms with E-state index < -0.39 is 17.0 Å². The number of benzene rings is 1. The molecule has 1 aliphatic rings. The number of nitrogens with one attached hydrogen (secondary N) is 1. The Morgan fingerprint density at radius 2 is 1.97 bits per heavy atom. The molecule has 4 rings (SSSR count). The summed E-state index contributed by atoms with van der Waals surface area (Å²) in [5.41, 5.74) is 1.59. The quantitative estimate of drug-likeness (QED) is 0.389. The Morgan fingerprint density at radius 1 is 1.21 bits per heavy atom. The van der Waals surface area contributed by atoms with Gasteiger partial charge in [-0.25, -0.2) is 14.8 Å². The number of hydrogen-bond donors (Lipinski definition) is 2. The predicted octanol–water partition coefficient (Wildman–Crippen LogP) is 2.03. The monoisotopic (exact) mass is 453 g/mol. The molecular formula is C23H27N5O5. The summed E-state index contributed by atoms with van der Waals surface area (Å²) < 4.78 is 5.84. The van der Waals surface area contributed by atoms with Gasteiger partial charge in [-0.05, 0) is 31.4 Å². The van der Waals surface area contributed by atoms with Gasteiger partial charge in [0, 0.05) is 51.1 Å². The summed E-state index contributed by atoms with van der Waals surface area (Å²) in [6, 6.07) is 5.71. The highest BCUT2D eigenvalue weighted by molar-refractivity contribution is 5.82. The lowest BCUT2D eigenvalue weighted by atomic mass is 9.91. The number of amides is 1. The minimum absolute atomic E-state index is 0.200. The molecule has 174 valence electrons. The van der Waals surface area contributed by atoms with Crippen LogP contribution in [0.3, 0.4) is 0 Å². The van der Waals surface area contributed by atoms with E-state index in [-0.39, 0.29) is 5.92 Å². The van der Waals surface area contributed by atoms with Crippen molar-refractivity contribution in [2.45, 2.75) is 25.2 Å². The Balaban J connectivity index is 1.33. The highest BCUT2D eigenvalue weighted by Gasteiger charge is 2.25. The van der Waals surface area contributed by atoms with Crippen LogP contribution in [0.2, 0.25) is 0 Å². The number of nitrogens with zero attached hydrogens (tertiary/aromatic N) is 4. The van der Waals surface area contributed by atoms with Crippen molar-refractivity contribution in [2.75, 3.05) is 50.6 Å². The van der Waals surface area contributed by atoms with Gasteiger partial charge in [0.2, 0.25) is 0 Å². The molecule has 2 heterocycles. The zero-order chi connectivity index (χ0) is 23.5. The molecule has 1 saturated heterocycles. The van der Waals surface area contributed by atoms with Crippen molar-refractivity contribution in [2.24, 2.45) is 0 Å². The lowest BCUT2D eigenvalue weighted by molar-refractivity contribution is 0.132. The fourth-order valence-corrected chi connectivity index (χ4v) is 4.26. The Morgan fingerprint density at radius 3 is 2.67 bits per heavy atom. The smallest absolute Gasteiger partial charge is 0.407 e. The second-order valence-electron chi connectivity index (χ2n) is 8.39. The highest BCUT2D eigenvalue weighted by Crippen LogP contribution is 2.32. The molecule has 0 radical (unpaired) electrons. The number of aromatic nitrogens is 2. The number of carbonyl (C=O) groups is 1. The van der Waals surface area contributed by atoms with Gasteiger partial charge in [0.05, 0.1) is 17.8 Å². The van der Waals surface area contributed by atoms with Gasteiger partial charge in [0.25, 0.3) is 10.9 Å². The Kier molecular flexibility index (Phi) is 6.43. The number of fused-ring (bicyclic) bond motifs is 1. The molecule has 0 aliphatic carbocycles. The van der Waals surface area contributed by atoms with Crippen molar-refractivity contribution in [3.05, 3.63) is 50.7 Å². The first kappa shape index (κ1) is 22.5. The lowest BCUT2D eigenvalue weighted by Gasteiger charge is -2.30. The van der Waals surface area contributed by atoms with Gasteiger partial charge in [-0.1, -0.05) is 0 Å². The Bertz CT molecular complexity index is 1230. The molecule has 1 aliphatic heterocycles. The van der Waals surface area contributed by atoms with Gasteiger partial charge >= 0.3 is 6.09 Å². The van der Waals surface area contributed by atoms with E-state index in [0.29, 0.717) is 49.8 Å². The van der Waals surface area contributed by atoms with Crippen molar-refractivity contribution in [1.82, 2.24) is 14.9 Å². The molecule has 10 heteroatoms. The first-order valence-corrected chi connectivity index (χ1v) is 11.0. The Labute approximate surface area is 190 Å². The predicted molar refractivity (Wildman–Crippen MR) is 125 cm³/mol. The van der Waals surface area contributed by atoms with Crippen molar-refractivity contribution in [1.29, 1.82) is 0 Å². The molecule has 1 amide bonds. The largest absolute Gasteiger partial charge is 0.493 e. The minimum Gasteiger partial charge on any atom is -0.493 e. The number of piperidine rings is 1. The first-order valence-electron chi connectivity index (χ1n) is 11.0. The minimum atomic E-state index is -0.874. The fourth-order valence-electron chi connectivity index (χ4n) is 4.26. The maximum atomic E-state index is 11.7. The first-order chi connectivity index (χ1) is 15.9. The van der Waals surface area contributed by atoms with Crippen LogP contribution in [0.5, 0.6) is 5.75 Å². The van der Waals surface area contributed by atoms with Crippen molar-refractivity contribution in [3.63, 3.8) is 0 Å². The summed E-state index contributed by atoms with van der Waals surface area (Å²) in [7, 11) is 3.47. The summed E-state index contributed by atoms with van der Waals surface area (Å²) in [5.74, 6) is 0.891. The third kappa shape index (κ3) is 4.59. The third-order valence-corrected chi connectivity index (χ3v) is 6.01. The van der Waals surface area contributed by atoms with E-state index in [2.05, 4.69) is 15.3 Å². The molecule has 10 nitrogen and oxygen atoms in total. The van der Waals surface area contributed by atoms with Crippen LogP contribution in [0.1, 0.15) is 30.9 Å². The lowest BCUT2D eigenvalue weighted by Crippen LogP contribution is -2.40. The molecule has 0 spiro atoms. The van der Waals surface area contributed by atoms with E-state index in [9.17, 15) is 14.4 Å². The number of anilines is 2. The molecule has 0 saturated carbocycles. The molecule has 0 atom stereocenters. The molecule has 1 fully saturated rings. The van der Waals surface area contributed by atoms with Crippen LogP contribution in [0.4, 0.5) is 16.2 Å². The number of carboxylic acid groups (broad SMARTS) is 1. The molecule has 2 aromatic carbocycles. The zero-order valence-corrected chi connectivity index (χ0v) is 18.7. The van der Waals surface area contributed by atoms with Crippen LogP contribution in [-0.2, 0) is 0 Å². The van der Waals surface area contributed by atoms with Gasteiger partial charge < -0.3 is 25.0 Å². The van der Waals surface area contributed by atoms with E-state index in [1.54, 1.807) is 25.3 Å². The number of ether oxygens (including phenoxy) is 1. The van der Waals surface area contributed by atoms with Crippen molar-refractivity contribution < 1.29 is 14.6 Å². The highest BCUT2D eigenvalue weighted by atomic mass is 16.5. The maximum Gasteiger partial charge on any atom is 0.407 e. The molecule has 0 unspecified atom stereocenters.